The molecule has 0 aromatic heterocycles. The van der Waals surface area contributed by atoms with Gasteiger partial charge in [-0.25, -0.2) is 0 Å². The molecule has 0 saturated heterocycles. The highest BCUT2D eigenvalue weighted by Gasteiger charge is 2.05. The number of amides is 1. The molecule has 0 radical (unpaired) electrons. The quantitative estimate of drug-likeness (QED) is 0.628. The normalized spacial score (nSPS) is 14.8. The van der Waals surface area contributed by atoms with Crippen molar-refractivity contribution in [2.75, 3.05) is 25.1 Å². The van der Waals surface area contributed by atoms with Crippen LogP contribution >= 0.6 is 0 Å². The molecule has 0 saturated carbocycles. The Balaban J connectivity index is 3.50. The molecule has 0 fully saturated rings. The number of rotatable bonds is 7. The average Bonchev–Trinajstić information content (AvgIpc) is 2.10. The lowest BCUT2D eigenvalue weighted by molar-refractivity contribution is -0.120. The summed E-state index contributed by atoms with van der Waals surface area (Å²) in [5, 5.41) is 5.78. The molecule has 14 heavy (non-hydrogen) atoms. The fourth-order valence-electron chi connectivity index (χ4n) is 1.00. The molecule has 2 unspecified atom stereocenters. The van der Waals surface area contributed by atoms with Gasteiger partial charge in [-0.1, -0.05) is 6.92 Å². The van der Waals surface area contributed by atoms with Crippen LogP contribution in [0.1, 0.15) is 20.3 Å². The van der Waals surface area contributed by atoms with Gasteiger partial charge in [-0.3, -0.25) is 9.00 Å². The molecular formula is C9H20N2O2S. The molecule has 84 valence electrons. The van der Waals surface area contributed by atoms with E-state index in [1.807, 2.05) is 13.8 Å². The molecule has 0 aliphatic rings. The number of nitrogens with one attached hydrogen (secondary N) is 2. The van der Waals surface area contributed by atoms with Gasteiger partial charge >= 0.3 is 0 Å². The van der Waals surface area contributed by atoms with Crippen molar-refractivity contribution < 1.29 is 9.00 Å². The summed E-state index contributed by atoms with van der Waals surface area (Å²) in [6.07, 6.45) is 2.61. The molecule has 0 aromatic rings. The molecule has 0 spiro atoms. The van der Waals surface area contributed by atoms with Gasteiger partial charge in [-0.2, -0.15) is 0 Å². The third-order valence-electron chi connectivity index (χ3n) is 1.67. The Kier molecular flexibility index (Phi) is 7.70. The van der Waals surface area contributed by atoms with Crippen molar-refractivity contribution in [1.29, 1.82) is 0 Å². The summed E-state index contributed by atoms with van der Waals surface area (Å²) >= 11 is 0. The number of hydrogen-bond donors (Lipinski definition) is 2. The van der Waals surface area contributed by atoms with Gasteiger partial charge in [0.05, 0.1) is 6.54 Å². The van der Waals surface area contributed by atoms with Gasteiger partial charge in [-0.15, -0.1) is 0 Å². The van der Waals surface area contributed by atoms with E-state index in [4.69, 9.17) is 0 Å². The lowest BCUT2D eigenvalue weighted by Gasteiger charge is -2.11. The molecular weight excluding hydrogens is 200 g/mol. The molecule has 2 N–H and O–H groups in total. The van der Waals surface area contributed by atoms with Crippen LogP contribution in [0, 0.1) is 0 Å². The molecule has 5 heteroatoms. The van der Waals surface area contributed by atoms with Crippen LogP contribution in [-0.4, -0.2) is 41.3 Å². The summed E-state index contributed by atoms with van der Waals surface area (Å²) in [5.74, 6) is 0.585. The van der Waals surface area contributed by atoms with E-state index in [0.717, 1.165) is 6.42 Å². The summed E-state index contributed by atoms with van der Waals surface area (Å²) in [6, 6.07) is 0.119. The van der Waals surface area contributed by atoms with Crippen molar-refractivity contribution >= 4 is 16.7 Å². The maximum Gasteiger partial charge on any atom is 0.233 e. The summed E-state index contributed by atoms with van der Waals surface area (Å²) in [6.45, 7) is 4.96. The highest BCUT2D eigenvalue weighted by molar-refractivity contribution is 7.84. The first-order chi connectivity index (χ1) is 6.56. The SMILES string of the molecule is CCCNC(=O)CNC(C)CS(C)=O. The molecule has 0 rings (SSSR count). The van der Waals surface area contributed by atoms with E-state index < -0.39 is 10.8 Å². The minimum Gasteiger partial charge on any atom is -0.355 e. The maximum absolute atomic E-state index is 11.1. The first-order valence-corrected chi connectivity index (χ1v) is 6.59. The van der Waals surface area contributed by atoms with Crippen LogP contribution in [0.2, 0.25) is 0 Å². The topological polar surface area (TPSA) is 58.2 Å². The van der Waals surface area contributed by atoms with E-state index in [-0.39, 0.29) is 11.9 Å². The molecule has 0 aliphatic carbocycles. The number of carbonyl (C=O) groups is 1. The highest BCUT2D eigenvalue weighted by atomic mass is 32.2. The Morgan fingerprint density at radius 1 is 1.50 bits per heavy atom. The van der Waals surface area contributed by atoms with Crippen LogP contribution in [0.15, 0.2) is 0 Å². The summed E-state index contributed by atoms with van der Waals surface area (Å²) in [5.41, 5.74) is 0. The smallest absolute Gasteiger partial charge is 0.233 e. The van der Waals surface area contributed by atoms with Gasteiger partial charge in [0, 0.05) is 35.4 Å². The van der Waals surface area contributed by atoms with Crippen LogP contribution < -0.4 is 10.6 Å². The van der Waals surface area contributed by atoms with Crippen LogP contribution in [0.3, 0.4) is 0 Å². The minimum absolute atomic E-state index is 0.000542. The zero-order chi connectivity index (χ0) is 11.0. The third kappa shape index (κ3) is 8.19. The van der Waals surface area contributed by atoms with Gasteiger partial charge in [0.2, 0.25) is 5.91 Å². The van der Waals surface area contributed by atoms with E-state index in [1.54, 1.807) is 6.26 Å². The van der Waals surface area contributed by atoms with Crippen LogP contribution in [0.25, 0.3) is 0 Å². The van der Waals surface area contributed by atoms with Crippen LogP contribution in [0.5, 0.6) is 0 Å². The van der Waals surface area contributed by atoms with Crippen LogP contribution in [0.4, 0.5) is 0 Å². The fourth-order valence-corrected chi connectivity index (χ4v) is 1.83. The van der Waals surface area contributed by atoms with Gasteiger partial charge in [0.25, 0.3) is 0 Å². The first kappa shape index (κ1) is 13.6. The summed E-state index contributed by atoms with van der Waals surface area (Å²) < 4.78 is 10.8. The zero-order valence-corrected chi connectivity index (χ0v) is 9.95. The van der Waals surface area contributed by atoms with E-state index in [1.165, 1.54) is 0 Å². The predicted octanol–water partition coefficient (Wildman–Crippen LogP) is -0.131. The Morgan fingerprint density at radius 2 is 2.14 bits per heavy atom. The predicted molar refractivity (Wildman–Crippen MR) is 59.7 cm³/mol. The van der Waals surface area contributed by atoms with E-state index in [2.05, 4.69) is 10.6 Å². The lowest BCUT2D eigenvalue weighted by Crippen LogP contribution is -2.40. The third-order valence-corrected chi connectivity index (χ3v) is 2.64. The first-order valence-electron chi connectivity index (χ1n) is 4.86. The molecule has 4 nitrogen and oxygen atoms in total. The molecule has 1 amide bonds. The second-order valence-corrected chi connectivity index (χ2v) is 4.85. The Labute approximate surface area is 88.3 Å². The maximum atomic E-state index is 11.1. The Hall–Kier alpha value is -0.420. The van der Waals surface area contributed by atoms with Gasteiger partial charge in [0.15, 0.2) is 0 Å². The van der Waals surface area contributed by atoms with E-state index >= 15 is 0 Å². The van der Waals surface area contributed by atoms with Crippen molar-refractivity contribution in [3.8, 4) is 0 Å². The van der Waals surface area contributed by atoms with Crippen molar-refractivity contribution in [3.63, 3.8) is 0 Å². The van der Waals surface area contributed by atoms with Crippen molar-refractivity contribution in [2.45, 2.75) is 26.3 Å². The van der Waals surface area contributed by atoms with E-state index in [9.17, 15) is 9.00 Å². The standard InChI is InChI=1S/C9H20N2O2S/c1-4-5-10-9(12)6-11-8(2)7-14(3)13/h8,11H,4-7H2,1-3H3,(H,10,12). The van der Waals surface area contributed by atoms with Crippen molar-refractivity contribution in [1.82, 2.24) is 10.6 Å². The van der Waals surface area contributed by atoms with Gasteiger partial charge in [-0.05, 0) is 13.3 Å². The van der Waals surface area contributed by atoms with Crippen LogP contribution in [-0.2, 0) is 15.6 Å². The zero-order valence-electron chi connectivity index (χ0n) is 9.13. The molecule has 0 heterocycles. The minimum atomic E-state index is -0.810. The van der Waals surface area contributed by atoms with Crippen molar-refractivity contribution in [2.24, 2.45) is 0 Å². The summed E-state index contributed by atoms with van der Waals surface area (Å²) in [4.78, 5) is 11.1. The van der Waals surface area contributed by atoms with E-state index in [0.29, 0.717) is 18.8 Å². The number of carbonyl (C=O) groups excluding carboxylic acids is 1. The Bertz CT molecular complexity index is 197. The number of hydrogen-bond acceptors (Lipinski definition) is 3. The van der Waals surface area contributed by atoms with Crippen molar-refractivity contribution in [3.05, 3.63) is 0 Å². The lowest BCUT2D eigenvalue weighted by atomic mass is 10.4. The highest BCUT2D eigenvalue weighted by Crippen LogP contribution is 1.84. The molecule has 0 bridgehead atoms. The Morgan fingerprint density at radius 3 is 2.64 bits per heavy atom. The van der Waals surface area contributed by atoms with Gasteiger partial charge in [0.1, 0.15) is 0 Å². The molecule has 0 aliphatic heterocycles. The molecule has 2 atom stereocenters. The second kappa shape index (κ2) is 7.94. The average molecular weight is 220 g/mol. The van der Waals surface area contributed by atoms with Gasteiger partial charge < -0.3 is 10.6 Å². The monoisotopic (exact) mass is 220 g/mol. The summed E-state index contributed by atoms with van der Waals surface area (Å²) in [7, 11) is -0.810. The fraction of sp³-hybridized carbons (Fsp3) is 0.889. The second-order valence-electron chi connectivity index (χ2n) is 3.37. The largest absolute Gasteiger partial charge is 0.355 e. The molecule has 0 aromatic carbocycles.